The van der Waals surface area contributed by atoms with Gasteiger partial charge in [-0.2, -0.15) is 0 Å². The van der Waals surface area contributed by atoms with E-state index in [-0.39, 0.29) is 11.2 Å². The highest BCUT2D eigenvalue weighted by molar-refractivity contribution is 8.00. The molecule has 1 aliphatic heterocycles. The van der Waals surface area contributed by atoms with Crippen LogP contribution in [0.15, 0.2) is 92.4 Å². The third-order valence-corrected chi connectivity index (χ3v) is 8.14. The van der Waals surface area contributed by atoms with Crippen LogP contribution >= 0.6 is 23.1 Å². The average Bonchev–Trinajstić information content (AvgIpc) is 3.51. The number of hydrogen-bond donors (Lipinski definition) is 0. The van der Waals surface area contributed by atoms with Crippen LogP contribution in [0, 0.1) is 0 Å². The molecule has 1 aliphatic rings. The van der Waals surface area contributed by atoms with Crippen LogP contribution in [0.4, 0.5) is 5.13 Å². The highest BCUT2D eigenvalue weighted by Crippen LogP contribution is 2.43. The molecule has 3 heterocycles. The normalized spacial score (nSPS) is 14.9. The van der Waals surface area contributed by atoms with Gasteiger partial charge in [-0.25, -0.2) is 0 Å². The fourth-order valence-electron chi connectivity index (χ4n) is 4.30. The Bertz CT molecular complexity index is 1630. The Morgan fingerprint density at radius 2 is 1.72 bits per heavy atom. The number of aromatic nitrogens is 2. The highest BCUT2D eigenvalue weighted by atomic mass is 32.2. The lowest BCUT2D eigenvalue weighted by Gasteiger charge is -2.22. The van der Waals surface area contributed by atoms with Crippen LogP contribution in [0.1, 0.15) is 33.3 Å². The zero-order valence-electron chi connectivity index (χ0n) is 19.1. The molecule has 0 saturated carbocycles. The Hall–Kier alpha value is -3.95. The van der Waals surface area contributed by atoms with Crippen molar-refractivity contribution < 1.29 is 13.9 Å². The molecule has 36 heavy (non-hydrogen) atoms. The standard InChI is InChI=1S/C27H19N3O4S2/c1-33-18-13-11-17(12-14-18)22-21-23(31)19-9-5-6-10-20(19)34-24(21)25(32)30(22)26-28-29-27(36-26)35-15-16-7-3-2-4-8-16/h2-14,22H,15H2,1H3. The molecule has 0 N–H and O–H groups in total. The Balaban J connectivity index is 1.44. The molecular formula is C27H19N3O4S2. The smallest absolute Gasteiger partial charge is 0.297 e. The van der Waals surface area contributed by atoms with Gasteiger partial charge in [0.05, 0.1) is 24.1 Å². The van der Waals surface area contributed by atoms with Gasteiger partial charge in [-0.3, -0.25) is 14.5 Å². The lowest BCUT2D eigenvalue weighted by molar-refractivity contribution is 0.0970. The zero-order valence-corrected chi connectivity index (χ0v) is 20.7. The monoisotopic (exact) mass is 513 g/mol. The maximum absolute atomic E-state index is 13.7. The molecule has 0 saturated heterocycles. The number of methoxy groups -OCH3 is 1. The van der Waals surface area contributed by atoms with E-state index < -0.39 is 11.9 Å². The minimum Gasteiger partial charge on any atom is -0.497 e. The van der Waals surface area contributed by atoms with Gasteiger partial charge in [0.2, 0.25) is 10.9 Å². The number of hydrogen-bond acceptors (Lipinski definition) is 8. The molecule has 9 heteroatoms. The molecule has 0 radical (unpaired) electrons. The number of thioether (sulfide) groups is 1. The van der Waals surface area contributed by atoms with Gasteiger partial charge < -0.3 is 9.15 Å². The number of nitrogens with zero attached hydrogens (tertiary/aromatic N) is 3. The number of ether oxygens (including phenoxy) is 1. The van der Waals surface area contributed by atoms with E-state index in [0.29, 0.717) is 27.4 Å². The summed E-state index contributed by atoms with van der Waals surface area (Å²) in [5.74, 6) is 1.03. The van der Waals surface area contributed by atoms with Crippen molar-refractivity contribution in [1.82, 2.24) is 10.2 Å². The minimum absolute atomic E-state index is 0.0354. The van der Waals surface area contributed by atoms with Gasteiger partial charge in [-0.15, -0.1) is 10.2 Å². The molecule has 3 aromatic carbocycles. The topological polar surface area (TPSA) is 85.5 Å². The van der Waals surface area contributed by atoms with Crippen LogP contribution in [0.5, 0.6) is 5.75 Å². The Morgan fingerprint density at radius 3 is 2.50 bits per heavy atom. The molecule has 0 aliphatic carbocycles. The van der Waals surface area contributed by atoms with Gasteiger partial charge in [-0.1, -0.05) is 77.7 Å². The predicted molar refractivity (Wildman–Crippen MR) is 140 cm³/mol. The molecule has 1 amide bonds. The van der Waals surface area contributed by atoms with Crippen LogP contribution < -0.4 is 15.1 Å². The quantitative estimate of drug-likeness (QED) is 0.213. The van der Waals surface area contributed by atoms with Crippen molar-refractivity contribution in [2.24, 2.45) is 0 Å². The highest BCUT2D eigenvalue weighted by Gasteiger charge is 2.45. The summed E-state index contributed by atoms with van der Waals surface area (Å²) in [4.78, 5) is 28.8. The number of rotatable bonds is 6. The van der Waals surface area contributed by atoms with Gasteiger partial charge >= 0.3 is 0 Å². The SMILES string of the molecule is COc1ccc(C2c3c(oc4ccccc4c3=O)C(=O)N2c2nnc(SCc3ccccc3)s2)cc1. The number of amides is 1. The van der Waals surface area contributed by atoms with Gasteiger partial charge in [0.15, 0.2) is 9.77 Å². The summed E-state index contributed by atoms with van der Waals surface area (Å²) in [5.41, 5.74) is 2.37. The molecule has 0 fully saturated rings. The first-order chi connectivity index (χ1) is 17.6. The predicted octanol–water partition coefficient (Wildman–Crippen LogP) is 5.70. The first-order valence-electron chi connectivity index (χ1n) is 11.2. The second kappa shape index (κ2) is 9.25. The van der Waals surface area contributed by atoms with Crippen molar-refractivity contribution in [2.75, 3.05) is 12.0 Å². The third-order valence-electron chi connectivity index (χ3n) is 6.02. The van der Waals surface area contributed by atoms with Gasteiger partial charge in [-0.05, 0) is 35.4 Å². The Labute approximate surface area is 214 Å². The fraction of sp³-hybridized carbons (Fsp3) is 0.111. The summed E-state index contributed by atoms with van der Waals surface area (Å²) in [6, 6.07) is 23.6. The summed E-state index contributed by atoms with van der Waals surface area (Å²) in [6.07, 6.45) is 0. The van der Waals surface area contributed by atoms with Gasteiger partial charge in [0, 0.05) is 5.75 Å². The van der Waals surface area contributed by atoms with Crippen LogP contribution in [0.2, 0.25) is 0 Å². The Morgan fingerprint density at radius 1 is 0.972 bits per heavy atom. The first-order valence-corrected chi connectivity index (χ1v) is 13.0. The van der Waals surface area contributed by atoms with E-state index in [2.05, 4.69) is 22.3 Å². The number of benzene rings is 3. The van der Waals surface area contributed by atoms with Crippen molar-refractivity contribution in [1.29, 1.82) is 0 Å². The van der Waals surface area contributed by atoms with Crippen molar-refractivity contribution >= 4 is 45.1 Å². The van der Waals surface area contributed by atoms with E-state index in [4.69, 9.17) is 9.15 Å². The number of fused-ring (bicyclic) bond motifs is 2. The molecule has 0 bridgehead atoms. The second-order valence-electron chi connectivity index (χ2n) is 8.15. The minimum atomic E-state index is -0.695. The van der Waals surface area contributed by atoms with E-state index in [1.807, 2.05) is 30.3 Å². The van der Waals surface area contributed by atoms with Crippen molar-refractivity contribution in [3.8, 4) is 5.75 Å². The van der Waals surface area contributed by atoms with Gasteiger partial charge in [0.25, 0.3) is 5.91 Å². The summed E-state index contributed by atoms with van der Waals surface area (Å²) < 4.78 is 12.0. The van der Waals surface area contributed by atoms with Crippen molar-refractivity contribution in [3.05, 3.63) is 112 Å². The fourth-order valence-corrected chi connectivity index (χ4v) is 6.12. The molecule has 0 spiro atoms. The maximum atomic E-state index is 13.7. The summed E-state index contributed by atoms with van der Waals surface area (Å²) in [6.45, 7) is 0. The summed E-state index contributed by atoms with van der Waals surface area (Å²) in [5, 5.41) is 9.49. The second-order valence-corrected chi connectivity index (χ2v) is 10.3. The molecule has 2 aromatic heterocycles. The molecule has 1 unspecified atom stereocenters. The van der Waals surface area contributed by atoms with Gasteiger partial charge in [0.1, 0.15) is 11.3 Å². The number of anilines is 1. The lowest BCUT2D eigenvalue weighted by atomic mass is 9.98. The summed E-state index contributed by atoms with van der Waals surface area (Å²) in [7, 11) is 1.59. The van der Waals surface area contributed by atoms with Crippen LogP contribution in [0.3, 0.4) is 0 Å². The number of carbonyl (C=O) groups is 1. The maximum Gasteiger partial charge on any atom is 0.297 e. The third kappa shape index (κ3) is 3.86. The van der Waals surface area contributed by atoms with Crippen LogP contribution in [-0.2, 0) is 5.75 Å². The lowest BCUT2D eigenvalue weighted by Crippen LogP contribution is -2.29. The van der Waals surface area contributed by atoms with Crippen LogP contribution in [-0.4, -0.2) is 23.2 Å². The van der Waals surface area contributed by atoms with Crippen molar-refractivity contribution in [2.45, 2.75) is 16.1 Å². The van der Waals surface area contributed by atoms with Crippen LogP contribution in [0.25, 0.3) is 11.0 Å². The van der Waals surface area contributed by atoms with E-state index in [1.54, 1.807) is 55.3 Å². The zero-order chi connectivity index (χ0) is 24.6. The number of para-hydroxylation sites is 1. The van der Waals surface area contributed by atoms with E-state index in [1.165, 1.54) is 21.8 Å². The molecule has 1 atom stereocenters. The van der Waals surface area contributed by atoms with E-state index >= 15 is 0 Å². The molecule has 178 valence electrons. The number of carbonyl (C=O) groups excluding carboxylic acids is 1. The summed E-state index contributed by atoms with van der Waals surface area (Å²) >= 11 is 2.87. The van der Waals surface area contributed by atoms with E-state index in [9.17, 15) is 9.59 Å². The molecule has 7 nitrogen and oxygen atoms in total. The first kappa shape index (κ1) is 22.5. The van der Waals surface area contributed by atoms with Crippen molar-refractivity contribution in [3.63, 3.8) is 0 Å². The average molecular weight is 514 g/mol. The molecule has 5 aromatic rings. The largest absolute Gasteiger partial charge is 0.497 e. The van der Waals surface area contributed by atoms with E-state index in [0.717, 1.165) is 15.7 Å². The Kier molecular flexibility index (Phi) is 5.79. The molecular weight excluding hydrogens is 494 g/mol. The molecule has 6 rings (SSSR count).